The fraction of sp³-hybridized carbons (Fsp3) is 0.462. The molecule has 0 aliphatic rings. The minimum absolute atomic E-state index is 0. The Labute approximate surface area is 129 Å². The van der Waals surface area contributed by atoms with Crippen LogP contribution in [0.3, 0.4) is 0 Å². The summed E-state index contributed by atoms with van der Waals surface area (Å²) < 4.78 is 49.4. The largest absolute Gasteiger partial charge is 1.00 e. The zero-order valence-corrected chi connectivity index (χ0v) is 11.8. The number of rotatable bonds is 7. The Kier molecular flexibility index (Phi) is 15.4. The van der Waals surface area contributed by atoms with Gasteiger partial charge >= 0.3 is 18.9 Å². The Hall–Kier alpha value is -0.993. The van der Waals surface area contributed by atoms with Crippen LogP contribution >= 0.6 is 0 Å². The molecular weight excluding hydrogens is 268 g/mol. The standard InChI is InChI=1S/C9H9F3O3.C4H9.Li/c10-4-13-7-2-1-3-8(14-5-11)9(7)15-6-12;1-3-4-2;/h1-3H,4-6H2;1,3-4H2,2H3;/q;-1;+1. The first-order valence-electron chi connectivity index (χ1n) is 5.73. The molecule has 20 heavy (non-hydrogen) atoms. The van der Waals surface area contributed by atoms with Crippen LogP contribution in [0.1, 0.15) is 19.8 Å². The van der Waals surface area contributed by atoms with E-state index in [0.717, 1.165) is 6.42 Å². The second-order valence-electron chi connectivity index (χ2n) is 3.20. The summed E-state index contributed by atoms with van der Waals surface area (Å²) in [6.45, 7) is 2.39. The smallest absolute Gasteiger partial charge is 0.459 e. The maximum atomic E-state index is 12.0. The molecule has 0 saturated heterocycles. The van der Waals surface area contributed by atoms with Crippen LogP contribution in [0.4, 0.5) is 13.2 Å². The maximum Gasteiger partial charge on any atom is 1.00 e. The van der Waals surface area contributed by atoms with Crippen LogP contribution < -0.4 is 33.1 Å². The zero-order chi connectivity index (χ0) is 14.5. The van der Waals surface area contributed by atoms with Crippen LogP contribution in [-0.2, 0) is 0 Å². The third kappa shape index (κ3) is 8.23. The Morgan fingerprint density at radius 3 is 1.65 bits per heavy atom. The van der Waals surface area contributed by atoms with Gasteiger partial charge in [-0.15, -0.1) is 0 Å². The van der Waals surface area contributed by atoms with E-state index < -0.39 is 20.6 Å². The molecule has 0 spiro atoms. The summed E-state index contributed by atoms with van der Waals surface area (Å²) in [5.41, 5.74) is 0. The minimum Gasteiger partial charge on any atom is -0.459 e. The van der Waals surface area contributed by atoms with Crippen LogP contribution in [0.2, 0.25) is 0 Å². The molecule has 0 aromatic heterocycles. The van der Waals surface area contributed by atoms with Gasteiger partial charge in [-0.05, 0) is 12.1 Å². The van der Waals surface area contributed by atoms with E-state index in [-0.39, 0.29) is 36.1 Å². The van der Waals surface area contributed by atoms with Crippen molar-refractivity contribution in [3.05, 3.63) is 25.1 Å². The summed E-state index contributed by atoms with van der Waals surface area (Å²) in [5, 5.41) is 0. The van der Waals surface area contributed by atoms with Gasteiger partial charge in [-0.3, -0.25) is 0 Å². The quantitative estimate of drug-likeness (QED) is 0.557. The second-order valence-corrected chi connectivity index (χ2v) is 3.20. The molecule has 0 heterocycles. The predicted molar refractivity (Wildman–Crippen MR) is 66.5 cm³/mol. The molecule has 7 heteroatoms. The van der Waals surface area contributed by atoms with Gasteiger partial charge in [-0.1, -0.05) is 19.4 Å². The Morgan fingerprint density at radius 2 is 1.35 bits per heavy atom. The number of para-hydroxylation sites is 1. The molecule has 1 rings (SSSR count). The molecule has 110 valence electrons. The number of ether oxygens (including phenoxy) is 3. The molecule has 3 nitrogen and oxygen atoms in total. The number of hydrogen-bond donors (Lipinski definition) is 0. The Bertz CT molecular complexity index is 314. The molecule has 1 aromatic rings. The van der Waals surface area contributed by atoms with Gasteiger partial charge in [0.05, 0.1) is 0 Å². The SMILES string of the molecule is FCOc1cccc(OCF)c1OCF.[CH2-]CCC.[Li+]. The monoisotopic (exact) mass is 286 g/mol. The fourth-order valence-electron chi connectivity index (χ4n) is 1.04. The molecule has 1 aromatic carbocycles. The minimum atomic E-state index is -1.14. The third-order valence-electron chi connectivity index (χ3n) is 1.92. The number of halogens is 3. The van der Waals surface area contributed by atoms with Crippen LogP contribution in [0.15, 0.2) is 18.2 Å². The molecule has 0 saturated carbocycles. The van der Waals surface area contributed by atoms with Crippen molar-refractivity contribution in [1.82, 2.24) is 0 Å². The average molecular weight is 286 g/mol. The maximum absolute atomic E-state index is 12.0. The topological polar surface area (TPSA) is 27.7 Å². The van der Waals surface area contributed by atoms with Crippen LogP contribution in [0.5, 0.6) is 17.2 Å². The number of alkyl halides is 3. The molecule has 0 atom stereocenters. The van der Waals surface area contributed by atoms with Crippen molar-refractivity contribution >= 4 is 0 Å². The van der Waals surface area contributed by atoms with Crippen molar-refractivity contribution in [2.45, 2.75) is 19.8 Å². The van der Waals surface area contributed by atoms with E-state index in [9.17, 15) is 13.2 Å². The van der Waals surface area contributed by atoms with Crippen LogP contribution in [0.25, 0.3) is 0 Å². The Morgan fingerprint density at radius 1 is 0.950 bits per heavy atom. The number of unbranched alkanes of at least 4 members (excludes halogenated alkanes) is 1. The molecule has 0 aliphatic carbocycles. The zero-order valence-electron chi connectivity index (χ0n) is 11.8. The van der Waals surface area contributed by atoms with Crippen LogP contribution in [0, 0.1) is 6.92 Å². The van der Waals surface area contributed by atoms with Crippen molar-refractivity contribution in [3.63, 3.8) is 0 Å². The van der Waals surface area contributed by atoms with Gasteiger partial charge in [0, 0.05) is 0 Å². The van der Waals surface area contributed by atoms with Crippen molar-refractivity contribution in [1.29, 1.82) is 0 Å². The van der Waals surface area contributed by atoms with Crippen molar-refractivity contribution < 1.29 is 46.2 Å². The fourth-order valence-corrected chi connectivity index (χ4v) is 1.04. The number of hydrogen-bond acceptors (Lipinski definition) is 3. The van der Waals surface area contributed by atoms with Gasteiger partial charge in [-0.25, -0.2) is 13.2 Å². The van der Waals surface area contributed by atoms with Crippen molar-refractivity contribution in [3.8, 4) is 17.2 Å². The summed E-state index contributed by atoms with van der Waals surface area (Å²) in [5.74, 6) is -0.238. The predicted octanol–water partition coefficient (Wildman–Crippen LogP) is 1.23. The van der Waals surface area contributed by atoms with E-state index in [1.807, 2.05) is 0 Å². The van der Waals surface area contributed by atoms with E-state index in [1.54, 1.807) is 0 Å². The summed E-state index contributed by atoms with van der Waals surface area (Å²) >= 11 is 0. The second kappa shape index (κ2) is 14.4. The molecule has 0 N–H and O–H groups in total. The first-order chi connectivity index (χ1) is 9.24. The first-order valence-corrected chi connectivity index (χ1v) is 5.73. The number of benzene rings is 1. The molecule has 0 bridgehead atoms. The summed E-state index contributed by atoms with van der Waals surface area (Å²) in [4.78, 5) is 0. The van der Waals surface area contributed by atoms with E-state index in [2.05, 4.69) is 28.1 Å². The molecular formula is C13H18F3LiO3. The summed E-state index contributed by atoms with van der Waals surface area (Å²) in [7, 11) is 0. The van der Waals surface area contributed by atoms with Crippen LogP contribution in [-0.4, -0.2) is 20.6 Å². The average Bonchev–Trinajstić information content (AvgIpc) is 2.43. The third-order valence-corrected chi connectivity index (χ3v) is 1.92. The first kappa shape index (κ1) is 21.3. The Balaban J connectivity index is 0. The van der Waals surface area contributed by atoms with Gasteiger partial charge in [0.25, 0.3) is 0 Å². The van der Waals surface area contributed by atoms with Crippen molar-refractivity contribution in [2.24, 2.45) is 0 Å². The van der Waals surface area contributed by atoms with Gasteiger partial charge in [0.1, 0.15) is 0 Å². The molecule has 0 radical (unpaired) electrons. The van der Waals surface area contributed by atoms with E-state index in [4.69, 9.17) is 0 Å². The normalized spacial score (nSPS) is 8.85. The molecule has 0 fully saturated rings. The van der Waals surface area contributed by atoms with E-state index in [0.29, 0.717) is 0 Å². The van der Waals surface area contributed by atoms with Gasteiger partial charge in [0.2, 0.25) is 26.3 Å². The van der Waals surface area contributed by atoms with Gasteiger partial charge in [0.15, 0.2) is 11.5 Å². The summed E-state index contributed by atoms with van der Waals surface area (Å²) in [6.07, 6.45) is 2.28. The van der Waals surface area contributed by atoms with Crippen molar-refractivity contribution in [2.75, 3.05) is 20.6 Å². The summed E-state index contributed by atoms with van der Waals surface area (Å²) in [6, 6.07) is 4.16. The van der Waals surface area contributed by atoms with E-state index >= 15 is 0 Å². The van der Waals surface area contributed by atoms with Gasteiger partial charge < -0.3 is 21.1 Å². The molecule has 0 aliphatic heterocycles. The van der Waals surface area contributed by atoms with E-state index in [1.165, 1.54) is 24.6 Å². The molecule has 0 unspecified atom stereocenters. The molecule has 0 amide bonds. The van der Waals surface area contributed by atoms with Gasteiger partial charge in [-0.2, -0.15) is 6.42 Å².